The van der Waals surface area contributed by atoms with E-state index in [1.165, 1.54) is 17.0 Å². The first-order chi connectivity index (χ1) is 18.1. The Kier molecular flexibility index (Phi) is 8.60. The Morgan fingerprint density at radius 3 is 2.58 bits per heavy atom. The number of aromatic nitrogens is 6. The molecule has 3 heterocycles. The molecule has 4 rings (SSSR count). The van der Waals surface area contributed by atoms with Crippen molar-refractivity contribution in [2.75, 3.05) is 5.73 Å². The number of carbonyl (C=O) groups excluding carboxylic acids is 1. The lowest BCUT2D eigenvalue weighted by Crippen LogP contribution is -2.27. The highest BCUT2D eigenvalue weighted by Crippen LogP contribution is 2.22. The van der Waals surface area contributed by atoms with Crippen LogP contribution in [0, 0.1) is 11.8 Å². The second-order valence-corrected chi connectivity index (χ2v) is 8.59. The van der Waals surface area contributed by atoms with Crippen LogP contribution in [-0.4, -0.2) is 41.2 Å². The lowest BCUT2D eigenvalue weighted by molar-refractivity contribution is 0.100. The molecule has 3 aromatic heterocycles. The van der Waals surface area contributed by atoms with Crippen molar-refractivity contribution in [1.82, 2.24) is 29.1 Å². The zero-order chi connectivity index (χ0) is 28.0. The fourth-order valence-electron chi connectivity index (χ4n) is 3.84. The zero-order valence-corrected chi connectivity index (χ0v) is 22.1. The van der Waals surface area contributed by atoms with Gasteiger partial charge in [-0.15, -0.1) is 0 Å². The summed E-state index contributed by atoms with van der Waals surface area (Å²) in [5.41, 5.74) is 12.9. The Morgan fingerprint density at radius 1 is 1.26 bits per heavy atom. The lowest BCUT2D eigenvalue weighted by atomic mass is 10.1. The number of anilines is 1. The van der Waals surface area contributed by atoms with Gasteiger partial charge in [0.1, 0.15) is 11.4 Å². The summed E-state index contributed by atoms with van der Waals surface area (Å²) in [6.07, 6.45) is 7.18. The predicted molar refractivity (Wildman–Crippen MR) is 149 cm³/mol. The van der Waals surface area contributed by atoms with Crippen molar-refractivity contribution >= 4 is 34.7 Å². The van der Waals surface area contributed by atoms with E-state index in [0.29, 0.717) is 22.3 Å². The quantitative estimate of drug-likeness (QED) is 0.309. The molecule has 4 aromatic rings. The zero-order valence-electron chi connectivity index (χ0n) is 22.1. The molecular weight excluding hydrogens is 482 g/mol. The van der Waals surface area contributed by atoms with E-state index in [1.54, 1.807) is 22.5 Å². The Hall–Kier alpha value is -4.98. The second-order valence-electron chi connectivity index (χ2n) is 8.59. The number of allylic oxidation sites excluding steroid dienone is 1. The molecule has 0 unspecified atom stereocenters. The van der Waals surface area contributed by atoms with E-state index in [0.717, 1.165) is 17.8 Å². The monoisotopic (exact) mass is 513 g/mol. The van der Waals surface area contributed by atoms with Crippen LogP contribution in [-0.2, 0) is 20.5 Å². The summed E-state index contributed by atoms with van der Waals surface area (Å²) >= 11 is 0. The molecule has 38 heavy (non-hydrogen) atoms. The molecule has 11 heteroatoms. The van der Waals surface area contributed by atoms with Gasteiger partial charge in [0.15, 0.2) is 11.6 Å². The standard InChI is InChI=1S/C19H20N4O.C8H11N5O/c1-5-17-21-16-8-6-7-15(10-9-14-11-20-22(4)12-14)18(16)19(24)23(17)13(2)3;1-3-4-11-8-5(7(10)14)6(9)12-13(8)2/h6-8,11-13H,5H2,1-4H3;3-4H,1H2,2H3,(H2,9,12)(H2,10,14)/b;11-4-. The van der Waals surface area contributed by atoms with Crippen LogP contribution >= 0.6 is 0 Å². The molecule has 11 nitrogen and oxygen atoms in total. The van der Waals surface area contributed by atoms with Crippen molar-refractivity contribution in [1.29, 1.82) is 0 Å². The normalized spacial score (nSPS) is 10.8. The molecule has 1 aromatic carbocycles. The SMILES string of the molecule is C=C/C=N\c1c(C(N)=O)c(N)nn1C.CCc1nc2cccc(C#Cc3cnn(C)c3)c2c(=O)n1C(C)C. The van der Waals surface area contributed by atoms with Gasteiger partial charge >= 0.3 is 0 Å². The number of nitrogens with zero attached hydrogens (tertiary/aromatic N) is 7. The maximum absolute atomic E-state index is 13.0. The van der Waals surface area contributed by atoms with Crippen LogP contribution in [0.2, 0.25) is 0 Å². The molecule has 0 bridgehead atoms. The predicted octanol–water partition coefficient (Wildman–Crippen LogP) is 2.66. The van der Waals surface area contributed by atoms with Gasteiger partial charge in [-0.25, -0.2) is 14.7 Å². The molecule has 0 saturated heterocycles. The fourth-order valence-corrected chi connectivity index (χ4v) is 3.84. The number of hydrogen-bond donors (Lipinski definition) is 2. The first-order valence-electron chi connectivity index (χ1n) is 11.9. The molecule has 0 fully saturated rings. The first kappa shape index (κ1) is 27.6. The van der Waals surface area contributed by atoms with Gasteiger partial charge in [-0.05, 0) is 26.0 Å². The minimum absolute atomic E-state index is 0.0251. The molecule has 196 valence electrons. The van der Waals surface area contributed by atoms with Crippen molar-refractivity contribution in [3.05, 3.63) is 76.1 Å². The number of primary amides is 1. The van der Waals surface area contributed by atoms with E-state index in [2.05, 4.69) is 38.6 Å². The number of rotatable bonds is 5. The summed E-state index contributed by atoms with van der Waals surface area (Å²) in [5, 5.41) is 8.52. The van der Waals surface area contributed by atoms with E-state index in [4.69, 9.17) is 11.5 Å². The van der Waals surface area contributed by atoms with Crippen LogP contribution in [0.25, 0.3) is 10.9 Å². The molecule has 4 N–H and O–H groups in total. The Morgan fingerprint density at radius 2 is 2.00 bits per heavy atom. The maximum Gasteiger partial charge on any atom is 0.262 e. The van der Waals surface area contributed by atoms with Crippen molar-refractivity contribution in [3.8, 4) is 11.8 Å². The van der Waals surface area contributed by atoms with Gasteiger partial charge in [0.2, 0.25) is 0 Å². The van der Waals surface area contributed by atoms with Crippen LogP contribution in [0.4, 0.5) is 11.6 Å². The lowest BCUT2D eigenvalue weighted by Gasteiger charge is -2.16. The van der Waals surface area contributed by atoms with Crippen molar-refractivity contribution in [2.24, 2.45) is 24.8 Å². The van der Waals surface area contributed by atoms with E-state index in [9.17, 15) is 9.59 Å². The molecule has 0 aliphatic carbocycles. The number of aryl methyl sites for hydroxylation is 3. The number of aliphatic imine (C=N–C) groups is 1. The van der Waals surface area contributed by atoms with Crippen molar-refractivity contribution in [2.45, 2.75) is 33.2 Å². The molecule has 0 atom stereocenters. The summed E-state index contributed by atoms with van der Waals surface area (Å²) < 4.78 is 4.85. The van der Waals surface area contributed by atoms with Gasteiger partial charge in [0.05, 0.1) is 22.7 Å². The Bertz CT molecular complexity index is 1640. The third-order valence-electron chi connectivity index (χ3n) is 5.47. The minimum Gasteiger partial charge on any atom is -0.381 e. The highest BCUT2D eigenvalue weighted by molar-refractivity contribution is 6.02. The fraction of sp³-hybridized carbons (Fsp3) is 0.259. The Labute approximate surface area is 220 Å². The smallest absolute Gasteiger partial charge is 0.262 e. The number of nitrogen functional groups attached to an aromatic ring is 1. The van der Waals surface area contributed by atoms with Gasteiger partial charge in [-0.2, -0.15) is 10.2 Å². The number of fused-ring (bicyclic) bond motifs is 1. The highest BCUT2D eigenvalue weighted by Gasteiger charge is 2.17. The maximum atomic E-state index is 13.0. The second kappa shape index (κ2) is 11.8. The van der Waals surface area contributed by atoms with E-state index in [-0.39, 0.29) is 23.0 Å². The van der Waals surface area contributed by atoms with Gasteiger partial charge < -0.3 is 11.5 Å². The number of hydrogen-bond acceptors (Lipinski definition) is 7. The number of nitrogens with two attached hydrogens (primary N) is 2. The minimum atomic E-state index is -0.646. The third kappa shape index (κ3) is 5.87. The molecule has 0 spiro atoms. The summed E-state index contributed by atoms with van der Waals surface area (Å²) in [5.74, 6) is 6.74. The van der Waals surface area contributed by atoms with Crippen LogP contribution < -0.4 is 17.0 Å². The van der Waals surface area contributed by atoms with Crippen LogP contribution in [0.3, 0.4) is 0 Å². The van der Waals surface area contributed by atoms with Gasteiger partial charge in [0, 0.05) is 44.5 Å². The average Bonchev–Trinajstić information content (AvgIpc) is 3.41. The summed E-state index contributed by atoms with van der Waals surface area (Å²) in [4.78, 5) is 32.6. The van der Waals surface area contributed by atoms with Crippen LogP contribution in [0.1, 0.15) is 54.1 Å². The summed E-state index contributed by atoms with van der Waals surface area (Å²) in [6.45, 7) is 9.47. The van der Waals surface area contributed by atoms with E-state index >= 15 is 0 Å². The molecule has 0 saturated carbocycles. The topological polar surface area (TPSA) is 152 Å². The van der Waals surface area contributed by atoms with Crippen LogP contribution in [0.5, 0.6) is 0 Å². The number of benzene rings is 1. The summed E-state index contributed by atoms with van der Waals surface area (Å²) in [7, 11) is 3.47. The van der Waals surface area contributed by atoms with Gasteiger partial charge in [0.25, 0.3) is 11.5 Å². The molecule has 0 aliphatic rings. The molecule has 0 radical (unpaired) electrons. The summed E-state index contributed by atoms with van der Waals surface area (Å²) in [6, 6.07) is 5.69. The van der Waals surface area contributed by atoms with Crippen LogP contribution in [0.15, 0.2) is 53.0 Å². The molecule has 1 amide bonds. The third-order valence-corrected chi connectivity index (χ3v) is 5.47. The van der Waals surface area contributed by atoms with Gasteiger partial charge in [-0.1, -0.05) is 37.5 Å². The van der Waals surface area contributed by atoms with E-state index < -0.39 is 5.91 Å². The van der Waals surface area contributed by atoms with E-state index in [1.807, 2.05) is 52.2 Å². The molecular formula is C27H31N9O2. The first-order valence-corrected chi connectivity index (χ1v) is 11.9. The van der Waals surface area contributed by atoms with Crippen molar-refractivity contribution < 1.29 is 4.79 Å². The Balaban J connectivity index is 0.000000244. The average molecular weight is 514 g/mol. The van der Waals surface area contributed by atoms with Crippen molar-refractivity contribution in [3.63, 3.8) is 0 Å². The largest absolute Gasteiger partial charge is 0.381 e. The van der Waals surface area contributed by atoms with Gasteiger partial charge in [-0.3, -0.25) is 18.8 Å². The highest BCUT2D eigenvalue weighted by atomic mass is 16.1. The molecule has 0 aliphatic heterocycles. The number of carbonyl (C=O) groups is 1. The number of amides is 1.